The lowest BCUT2D eigenvalue weighted by molar-refractivity contribution is -0.131. The zero-order valence-electron chi connectivity index (χ0n) is 16.4. The number of esters is 1. The number of carbonyl (C=O) groups is 1. The van der Waals surface area contributed by atoms with Crippen LogP contribution in [-0.2, 0) is 4.79 Å². The number of carbonyl (C=O) groups excluding carboxylic acids is 1. The molecule has 28 heavy (non-hydrogen) atoms. The van der Waals surface area contributed by atoms with Crippen molar-refractivity contribution in [1.29, 1.82) is 0 Å². The molecule has 5 heteroatoms. The Morgan fingerprint density at radius 1 is 1.18 bits per heavy atom. The van der Waals surface area contributed by atoms with Gasteiger partial charge < -0.3 is 18.9 Å². The van der Waals surface area contributed by atoms with Crippen molar-refractivity contribution in [2.75, 3.05) is 13.7 Å². The van der Waals surface area contributed by atoms with Crippen molar-refractivity contribution < 1.29 is 23.7 Å². The molecule has 2 aliphatic rings. The van der Waals surface area contributed by atoms with Crippen LogP contribution in [0.25, 0.3) is 17.7 Å². The SMILES string of the molecule is COc1cc(OC(C)=O)ccc1C1=Cc2ccc3c(c2OC1)C=CC(C)(C)O3. The molecule has 144 valence electrons. The molecule has 0 aliphatic carbocycles. The molecule has 0 amide bonds. The van der Waals surface area contributed by atoms with E-state index in [4.69, 9.17) is 18.9 Å². The summed E-state index contributed by atoms with van der Waals surface area (Å²) in [5.74, 6) is 2.35. The molecule has 0 fully saturated rings. The summed E-state index contributed by atoms with van der Waals surface area (Å²) in [6, 6.07) is 9.31. The molecule has 0 saturated heterocycles. The van der Waals surface area contributed by atoms with Crippen LogP contribution in [-0.4, -0.2) is 25.3 Å². The van der Waals surface area contributed by atoms with E-state index in [-0.39, 0.29) is 11.6 Å². The van der Waals surface area contributed by atoms with Gasteiger partial charge in [0.15, 0.2) is 0 Å². The smallest absolute Gasteiger partial charge is 0.308 e. The fourth-order valence-corrected chi connectivity index (χ4v) is 3.42. The lowest BCUT2D eigenvalue weighted by atomic mass is 9.95. The molecule has 0 aromatic heterocycles. The van der Waals surface area contributed by atoms with E-state index in [2.05, 4.69) is 12.2 Å². The maximum Gasteiger partial charge on any atom is 0.308 e. The van der Waals surface area contributed by atoms with Crippen LogP contribution in [0.5, 0.6) is 23.0 Å². The number of rotatable bonds is 3. The molecule has 2 heterocycles. The Balaban J connectivity index is 1.71. The fraction of sp³-hybridized carbons (Fsp3) is 0.261. The molecule has 0 saturated carbocycles. The van der Waals surface area contributed by atoms with Gasteiger partial charge in [-0.25, -0.2) is 0 Å². The summed E-state index contributed by atoms with van der Waals surface area (Å²) in [5.41, 5.74) is 3.51. The van der Waals surface area contributed by atoms with Gasteiger partial charge in [-0.15, -0.1) is 0 Å². The Kier molecular flexibility index (Phi) is 4.38. The van der Waals surface area contributed by atoms with Gasteiger partial charge in [0, 0.05) is 29.7 Å². The van der Waals surface area contributed by atoms with Crippen LogP contribution in [0.1, 0.15) is 37.5 Å². The molecule has 0 unspecified atom stereocenters. The average Bonchev–Trinajstić information content (AvgIpc) is 2.66. The highest BCUT2D eigenvalue weighted by atomic mass is 16.5. The first-order chi connectivity index (χ1) is 13.4. The van der Waals surface area contributed by atoms with E-state index in [1.807, 2.05) is 38.1 Å². The molecular formula is C23H22O5. The lowest BCUT2D eigenvalue weighted by Gasteiger charge is -2.30. The third kappa shape index (κ3) is 3.36. The summed E-state index contributed by atoms with van der Waals surface area (Å²) < 4.78 is 22.8. The van der Waals surface area contributed by atoms with E-state index >= 15 is 0 Å². The molecule has 4 rings (SSSR count). The minimum atomic E-state index is -0.368. The number of hydrogen-bond donors (Lipinski definition) is 0. The number of benzene rings is 2. The van der Waals surface area contributed by atoms with E-state index in [0.717, 1.165) is 33.8 Å². The predicted molar refractivity (Wildman–Crippen MR) is 108 cm³/mol. The van der Waals surface area contributed by atoms with Gasteiger partial charge in [-0.2, -0.15) is 0 Å². The van der Waals surface area contributed by atoms with E-state index < -0.39 is 0 Å². The highest BCUT2D eigenvalue weighted by Crippen LogP contribution is 2.43. The van der Waals surface area contributed by atoms with Crippen LogP contribution >= 0.6 is 0 Å². The first-order valence-corrected chi connectivity index (χ1v) is 9.12. The maximum absolute atomic E-state index is 11.2. The minimum absolute atomic E-state index is 0.325. The largest absolute Gasteiger partial charge is 0.496 e. The Morgan fingerprint density at radius 3 is 2.75 bits per heavy atom. The number of ether oxygens (including phenoxy) is 4. The van der Waals surface area contributed by atoms with Crippen LogP contribution in [0.2, 0.25) is 0 Å². The first kappa shape index (κ1) is 18.2. The Bertz CT molecular complexity index is 1010. The number of methoxy groups -OCH3 is 1. The lowest BCUT2D eigenvalue weighted by Crippen LogP contribution is -2.27. The summed E-state index contributed by atoms with van der Waals surface area (Å²) in [4.78, 5) is 11.2. The third-order valence-electron chi connectivity index (χ3n) is 4.69. The minimum Gasteiger partial charge on any atom is -0.496 e. The summed E-state index contributed by atoms with van der Waals surface area (Å²) in [7, 11) is 1.59. The fourth-order valence-electron chi connectivity index (χ4n) is 3.42. The number of hydrogen-bond acceptors (Lipinski definition) is 5. The van der Waals surface area contributed by atoms with Crippen molar-refractivity contribution in [2.45, 2.75) is 26.4 Å². The van der Waals surface area contributed by atoms with E-state index in [9.17, 15) is 4.79 Å². The van der Waals surface area contributed by atoms with Gasteiger partial charge in [0.05, 0.1) is 12.7 Å². The molecule has 2 aliphatic heterocycles. The molecule has 2 aromatic rings. The average molecular weight is 378 g/mol. The second-order valence-corrected chi connectivity index (χ2v) is 7.35. The van der Waals surface area contributed by atoms with Crippen LogP contribution < -0.4 is 18.9 Å². The molecular weight excluding hydrogens is 356 g/mol. The quantitative estimate of drug-likeness (QED) is 0.570. The maximum atomic E-state index is 11.2. The van der Waals surface area contributed by atoms with Crippen molar-refractivity contribution in [3.63, 3.8) is 0 Å². The topological polar surface area (TPSA) is 54.0 Å². The van der Waals surface area contributed by atoms with Gasteiger partial charge in [-0.1, -0.05) is 0 Å². The van der Waals surface area contributed by atoms with E-state index in [0.29, 0.717) is 18.1 Å². The zero-order valence-corrected chi connectivity index (χ0v) is 16.4. The molecule has 2 aromatic carbocycles. The van der Waals surface area contributed by atoms with Gasteiger partial charge in [0.1, 0.15) is 35.2 Å². The monoisotopic (exact) mass is 378 g/mol. The van der Waals surface area contributed by atoms with Crippen LogP contribution in [0.15, 0.2) is 36.4 Å². The van der Waals surface area contributed by atoms with Gasteiger partial charge in [0.25, 0.3) is 0 Å². The second-order valence-electron chi connectivity index (χ2n) is 7.35. The molecule has 0 atom stereocenters. The normalized spacial score (nSPS) is 16.1. The molecule has 0 bridgehead atoms. The Morgan fingerprint density at radius 2 is 2.00 bits per heavy atom. The van der Waals surface area contributed by atoms with Gasteiger partial charge in [-0.05, 0) is 56.3 Å². The van der Waals surface area contributed by atoms with Gasteiger partial charge >= 0.3 is 5.97 Å². The van der Waals surface area contributed by atoms with Gasteiger partial charge in [0.2, 0.25) is 0 Å². The molecule has 0 radical (unpaired) electrons. The standard InChI is InChI=1S/C23H22O5/c1-14(24)27-17-6-7-18(21(12-17)25-4)16-11-15-5-8-20-19(22(15)26-13-16)9-10-23(2,3)28-20/h5-12H,13H2,1-4H3. The zero-order chi connectivity index (χ0) is 19.9. The van der Waals surface area contributed by atoms with Gasteiger partial charge in [-0.3, -0.25) is 4.79 Å². The predicted octanol–water partition coefficient (Wildman–Crippen LogP) is 4.74. The summed E-state index contributed by atoms with van der Waals surface area (Å²) >= 11 is 0. The van der Waals surface area contributed by atoms with Crippen molar-refractivity contribution in [1.82, 2.24) is 0 Å². The highest BCUT2D eigenvalue weighted by molar-refractivity contribution is 5.90. The van der Waals surface area contributed by atoms with E-state index in [1.54, 1.807) is 19.2 Å². The Labute approximate surface area is 164 Å². The number of fused-ring (bicyclic) bond motifs is 3. The molecule has 5 nitrogen and oxygen atoms in total. The van der Waals surface area contributed by atoms with Crippen LogP contribution in [0.4, 0.5) is 0 Å². The van der Waals surface area contributed by atoms with Crippen LogP contribution in [0, 0.1) is 0 Å². The van der Waals surface area contributed by atoms with Crippen molar-refractivity contribution in [3.05, 3.63) is 53.1 Å². The molecule has 0 spiro atoms. The summed E-state index contributed by atoms with van der Waals surface area (Å²) in [5, 5.41) is 0. The first-order valence-electron chi connectivity index (χ1n) is 9.12. The van der Waals surface area contributed by atoms with Crippen LogP contribution in [0.3, 0.4) is 0 Å². The van der Waals surface area contributed by atoms with Crippen molar-refractivity contribution in [3.8, 4) is 23.0 Å². The highest BCUT2D eigenvalue weighted by Gasteiger charge is 2.27. The summed E-state index contributed by atoms with van der Waals surface area (Å²) in [6.45, 7) is 5.83. The van der Waals surface area contributed by atoms with Crippen molar-refractivity contribution in [2.24, 2.45) is 0 Å². The van der Waals surface area contributed by atoms with Crippen molar-refractivity contribution >= 4 is 23.7 Å². The van der Waals surface area contributed by atoms with E-state index in [1.165, 1.54) is 6.92 Å². The Hall–Kier alpha value is -3.21. The third-order valence-corrected chi connectivity index (χ3v) is 4.69. The second kappa shape index (κ2) is 6.75. The molecule has 0 N–H and O–H groups in total. The summed E-state index contributed by atoms with van der Waals surface area (Å²) in [6.07, 6.45) is 6.19.